The molecule has 0 unspecified atom stereocenters. The first kappa shape index (κ1) is 14.4. The Bertz CT molecular complexity index is 550. The Hall–Kier alpha value is -1.02. The van der Waals surface area contributed by atoms with Crippen LogP contribution in [-0.2, 0) is 6.54 Å². The third-order valence-corrected chi connectivity index (χ3v) is 3.25. The molecule has 2 heterocycles. The van der Waals surface area contributed by atoms with Gasteiger partial charge in [-0.3, -0.25) is 0 Å². The molecule has 0 atom stereocenters. The van der Waals surface area contributed by atoms with Crippen molar-refractivity contribution >= 4 is 22.6 Å². The van der Waals surface area contributed by atoms with Gasteiger partial charge in [0.05, 0.1) is 9.77 Å². The average molecular weight is 371 g/mol. The summed E-state index contributed by atoms with van der Waals surface area (Å²) >= 11 is 2.22. The summed E-state index contributed by atoms with van der Waals surface area (Å²) < 4.78 is 2.77. The van der Waals surface area contributed by atoms with Crippen molar-refractivity contribution in [3.63, 3.8) is 0 Å². The zero-order valence-corrected chi connectivity index (χ0v) is 13.5. The van der Waals surface area contributed by atoms with Crippen LogP contribution in [0.3, 0.4) is 0 Å². The highest BCUT2D eigenvalue weighted by Crippen LogP contribution is 2.09. The first-order valence-electron chi connectivity index (χ1n) is 6.30. The zero-order valence-electron chi connectivity index (χ0n) is 11.4. The van der Waals surface area contributed by atoms with Crippen molar-refractivity contribution in [2.45, 2.75) is 27.3 Å². The lowest BCUT2D eigenvalue weighted by Gasteiger charge is -2.09. The fourth-order valence-corrected chi connectivity index (χ4v) is 2.06. The van der Waals surface area contributed by atoms with Gasteiger partial charge in [-0.15, -0.1) is 0 Å². The third kappa shape index (κ3) is 3.97. The maximum atomic E-state index is 4.50. The largest absolute Gasteiger partial charge is 0.312 e. The summed E-state index contributed by atoms with van der Waals surface area (Å²) in [5.74, 6) is 1.26. The lowest BCUT2D eigenvalue weighted by atomic mass is 10.2. The van der Waals surface area contributed by atoms with Crippen LogP contribution in [0.25, 0.3) is 5.95 Å². The average Bonchev–Trinajstić information content (AvgIpc) is 2.77. The second kappa shape index (κ2) is 6.42. The number of hydrogen-bond donors (Lipinski definition) is 1. The Morgan fingerprint density at radius 3 is 2.74 bits per heavy atom. The van der Waals surface area contributed by atoms with E-state index in [1.54, 1.807) is 10.9 Å². The monoisotopic (exact) mass is 371 g/mol. The molecule has 0 amide bonds. The molecule has 5 nitrogen and oxygen atoms in total. The van der Waals surface area contributed by atoms with Gasteiger partial charge in [0.1, 0.15) is 0 Å². The summed E-state index contributed by atoms with van der Waals surface area (Å²) in [6, 6.07) is 0. The number of nitrogens with one attached hydrogen (secondary N) is 1. The molecular formula is C13H18IN5. The minimum absolute atomic E-state index is 0.619. The van der Waals surface area contributed by atoms with E-state index in [0.717, 1.165) is 27.9 Å². The Morgan fingerprint density at radius 2 is 2.16 bits per heavy atom. The van der Waals surface area contributed by atoms with Crippen molar-refractivity contribution in [2.24, 2.45) is 5.92 Å². The minimum atomic E-state index is 0.619. The normalized spacial score (nSPS) is 11.2. The van der Waals surface area contributed by atoms with Crippen molar-refractivity contribution in [3.8, 4) is 5.95 Å². The molecule has 0 spiro atoms. The van der Waals surface area contributed by atoms with Gasteiger partial charge in [0.25, 0.3) is 5.95 Å². The molecule has 0 bridgehead atoms. The maximum absolute atomic E-state index is 4.50. The van der Waals surface area contributed by atoms with E-state index < -0.39 is 0 Å². The number of rotatable bonds is 5. The van der Waals surface area contributed by atoms with Crippen LogP contribution in [0.4, 0.5) is 0 Å². The predicted molar refractivity (Wildman–Crippen MR) is 83.2 cm³/mol. The Labute approximate surface area is 127 Å². The van der Waals surface area contributed by atoms with Gasteiger partial charge < -0.3 is 5.32 Å². The number of aromatic nitrogens is 4. The predicted octanol–water partition coefficient (Wildman–Crippen LogP) is 2.32. The number of aryl methyl sites for hydroxylation is 1. The first-order chi connectivity index (χ1) is 9.06. The van der Waals surface area contributed by atoms with E-state index in [-0.39, 0.29) is 0 Å². The third-order valence-electron chi connectivity index (χ3n) is 2.69. The summed E-state index contributed by atoms with van der Waals surface area (Å²) in [5.41, 5.74) is 2.12. The van der Waals surface area contributed by atoms with Gasteiger partial charge >= 0.3 is 0 Å². The van der Waals surface area contributed by atoms with Crippen molar-refractivity contribution in [2.75, 3.05) is 6.54 Å². The van der Waals surface area contributed by atoms with Crippen LogP contribution in [0.2, 0.25) is 0 Å². The van der Waals surface area contributed by atoms with Gasteiger partial charge in [0.15, 0.2) is 0 Å². The highest BCUT2D eigenvalue weighted by Gasteiger charge is 2.06. The molecular weight excluding hydrogens is 353 g/mol. The van der Waals surface area contributed by atoms with E-state index in [4.69, 9.17) is 0 Å². The number of nitrogens with zero attached hydrogens (tertiary/aromatic N) is 4. The zero-order chi connectivity index (χ0) is 13.8. The molecule has 19 heavy (non-hydrogen) atoms. The van der Waals surface area contributed by atoms with Gasteiger partial charge in [-0.1, -0.05) is 13.8 Å². The topological polar surface area (TPSA) is 55.6 Å². The quantitative estimate of drug-likeness (QED) is 0.820. The molecule has 0 aliphatic rings. The lowest BCUT2D eigenvalue weighted by Crippen LogP contribution is -2.20. The van der Waals surface area contributed by atoms with Crippen LogP contribution >= 0.6 is 22.6 Å². The lowest BCUT2D eigenvalue weighted by molar-refractivity contribution is 0.550. The molecule has 0 aromatic carbocycles. The highest BCUT2D eigenvalue weighted by atomic mass is 127. The second-order valence-corrected chi connectivity index (χ2v) is 6.15. The second-order valence-electron chi connectivity index (χ2n) is 4.91. The number of halogens is 1. The van der Waals surface area contributed by atoms with Gasteiger partial charge in [-0.2, -0.15) is 5.10 Å². The van der Waals surface area contributed by atoms with Crippen molar-refractivity contribution in [1.82, 2.24) is 25.1 Å². The Kier molecular flexibility index (Phi) is 4.87. The summed E-state index contributed by atoms with van der Waals surface area (Å²) in [5, 5.41) is 7.61. The molecule has 0 fully saturated rings. The molecule has 2 rings (SSSR count). The van der Waals surface area contributed by atoms with Crippen LogP contribution in [0.1, 0.15) is 25.1 Å². The molecule has 0 saturated heterocycles. The van der Waals surface area contributed by atoms with E-state index in [1.807, 2.05) is 19.3 Å². The standard InChI is InChI=1S/C13H18IN5/c1-9(2)4-15-5-11-6-16-13(18-10(11)3)19-8-12(14)7-17-19/h6-9,15H,4-5H2,1-3H3. The summed E-state index contributed by atoms with van der Waals surface area (Å²) in [4.78, 5) is 8.87. The fourth-order valence-electron chi connectivity index (χ4n) is 1.67. The van der Waals surface area contributed by atoms with Gasteiger partial charge in [-0.25, -0.2) is 14.6 Å². The highest BCUT2D eigenvalue weighted by molar-refractivity contribution is 14.1. The number of hydrogen-bond acceptors (Lipinski definition) is 4. The van der Waals surface area contributed by atoms with Crippen molar-refractivity contribution in [3.05, 3.63) is 33.4 Å². The minimum Gasteiger partial charge on any atom is -0.312 e. The molecule has 0 saturated carbocycles. The molecule has 1 N–H and O–H groups in total. The van der Waals surface area contributed by atoms with Crippen LogP contribution < -0.4 is 5.32 Å². The van der Waals surface area contributed by atoms with Crippen molar-refractivity contribution < 1.29 is 0 Å². The molecule has 0 aliphatic carbocycles. The summed E-state index contributed by atoms with van der Waals surface area (Å²) in [6.07, 6.45) is 5.57. The SMILES string of the molecule is Cc1nc(-n2cc(I)cn2)ncc1CNCC(C)C. The van der Waals surface area contributed by atoms with Crippen LogP contribution in [0.5, 0.6) is 0 Å². The van der Waals surface area contributed by atoms with Gasteiger partial charge in [0, 0.05) is 30.2 Å². The molecule has 0 aliphatic heterocycles. The van der Waals surface area contributed by atoms with Crippen LogP contribution in [0, 0.1) is 16.4 Å². The fraction of sp³-hybridized carbons (Fsp3) is 0.462. The maximum Gasteiger partial charge on any atom is 0.250 e. The smallest absolute Gasteiger partial charge is 0.250 e. The molecule has 6 heteroatoms. The summed E-state index contributed by atoms with van der Waals surface area (Å²) in [6.45, 7) is 8.20. The van der Waals surface area contributed by atoms with E-state index in [2.05, 4.69) is 56.8 Å². The summed E-state index contributed by atoms with van der Waals surface area (Å²) in [7, 11) is 0. The molecule has 2 aromatic heterocycles. The van der Waals surface area contributed by atoms with Gasteiger partial charge in [0.2, 0.25) is 0 Å². The van der Waals surface area contributed by atoms with E-state index in [1.165, 1.54) is 0 Å². The molecule has 2 aromatic rings. The Morgan fingerprint density at radius 1 is 1.37 bits per heavy atom. The van der Waals surface area contributed by atoms with Crippen molar-refractivity contribution in [1.29, 1.82) is 0 Å². The van der Waals surface area contributed by atoms with E-state index in [0.29, 0.717) is 11.9 Å². The van der Waals surface area contributed by atoms with Crippen LogP contribution in [-0.4, -0.2) is 26.3 Å². The van der Waals surface area contributed by atoms with E-state index in [9.17, 15) is 0 Å². The Balaban J connectivity index is 2.09. The van der Waals surface area contributed by atoms with E-state index >= 15 is 0 Å². The van der Waals surface area contributed by atoms with Gasteiger partial charge in [-0.05, 0) is 42.0 Å². The van der Waals surface area contributed by atoms with Crippen LogP contribution in [0.15, 0.2) is 18.6 Å². The molecule has 102 valence electrons. The molecule has 0 radical (unpaired) electrons. The first-order valence-corrected chi connectivity index (χ1v) is 7.38.